The molecular formula is C19H18BrNO6S. The van der Waals surface area contributed by atoms with Crippen molar-refractivity contribution in [3.8, 4) is 16.2 Å². The normalized spacial score (nSPS) is 14.0. The monoisotopic (exact) mass is 467 g/mol. The van der Waals surface area contributed by atoms with Gasteiger partial charge in [-0.15, -0.1) is 11.3 Å². The molecule has 1 aliphatic rings. The fraction of sp³-hybridized carbons (Fsp3) is 0.316. The van der Waals surface area contributed by atoms with Crippen LogP contribution in [-0.4, -0.2) is 34.7 Å². The molecule has 9 heteroatoms. The van der Waals surface area contributed by atoms with Crippen LogP contribution in [0.1, 0.15) is 35.4 Å². The molecule has 0 radical (unpaired) electrons. The van der Waals surface area contributed by atoms with Gasteiger partial charge in [0.25, 0.3) is 0 Å². The van der Waals surface area contributed by atoms with E-state index in [2.05, 4.69) is 21.2 Å². The first-order chi connectivity index (χ1) is 13.4. The fourth-order valence-electron chi connectivity index (χ4n) is 3.16. The molecule has 0 aliphatic heterocycles. The lowest BCUT2D eigenvalue weighted by atomic mass is 10.1. The first-order valence-corrected chi connectivity index (χ1v) is 10.3. The van der Waals surface area contributed by atoms with Crippen LogP contribution in [0, 0.1) is 5.92 Å². The number of rotatable bonds is 7. The third-order valence-electron chi connectivity index (χ3n) is 4.46. The van der Waals surface area contributed by atoms with E-state index in [0.29, 0.717) is 20.6 Å². The Kier molecular flexibility index (Phi) is 6.35. The number of nitrogens with one attached hydrogen (secondary N) is 1. The molecule has 0 bridgehead atoms. The number of aromatic carboxylic acids is 1. The summed E-state index contributed by atoms with van der Waals surface area (Å²) in [6, 6.07) is 7.09. The molecule has 1 fully saturated rings. The molecule has 3 N–H and O–H groups in total. The molecule has 148 valence electrons. The van der Waals surface area contributed by atoms with Crippen LogP contribution in [0.15, 0.2) is 28.7 Å². The van der Waals surface area contributed by atoms with E-state index >= 15 is 0 Å². The van der Waals surface area contributed by atoms with Crippen molar-refractivity contribution in [1.29, 1.82) is 0 Å². The third-order valence-corrected chi connectivity index (χ3v) is 6.69. The number of carbonyl (C=O) groups excluding carboxylic acids is 1. The standard InChI is InChI=1S/C19H18BrNO6S/c20-14-15(27-9-13(22)23)17(19(25)26)28-16(14)11-6-3-7-12(8-11)21-18(24)10-4-1-2-5-10/h3,6-8,10H,1-2,4-5,9H2,(H,21,24)(H,22,23)(H,25,26). The Bertz CT molecular complexity index is 919. The van der Waals surface area contributed by atoms with Gasteiger partial charge in [0.05, 0.1) is 9.35 Å². The second-order valence-electron chi connectivity index (χ2n) is 6.44. The Balaban J connectivity index is 1.88. The summed E-state index contributed by atoms with van der Waals surface area (Å²) in [5.41, 5.74) is 1.31. The topological polar surface area (TPSA) is 113 Å². The third kappa shape index (κ3) is 4.53. The quantitative estimate of drug-likeness (QED) is 0.553. The highest BCUT2D eigenvalue weighted by Gasteiger charge is 2.25. The van der Waals surface area contributed by atoms with E-state index in [1.807, 2.05) is 0 Å². The lowest BCUT2D eigenvalue weighted by molar-refractivity contribution is -0.139. The summed E-state index contributed by atoms with van der Waals surface area (Å²) in [7, 11) is 0. The molecule has 2 aromatic rings. The van der Waals surface area contributed by atoms with Crippen LogP contribution in [-0.2, 0) is 9.59 Å². The number of thiophene rings is 1. The first-order valence-electron chi connectivity index (χ1n) is 8.68. The number of aliphatic carboxylic acids is 1. The van der Waals surface area contributed by atoms with Crippen LogP contribution in [0.4, 0.5) is 5.69 Å². The SMILES string of the molecule is O=C(O)COc1c(C(=O)O)sc(-c2cccc(NC(=O)C3CCCC3)c2)c1Br. The predicted molar refractivity (Wildman–Crippen MR) is 108 cm³/mol. The molecule has 3 rings (SSSR count). The van der Waals surface area contributed by atoms with Gasteiger partial charge in [0.2, 0.25) is 5.91 Å². The number of carboxylic acids is 2. The van der Waals surface area contributed by atoms with Crippen LogP contribution in [0.3, 0.4) is 0 Å². The minimum Gasteiger partial charge on any atom is -0.479 e. The maximum absolute atomic E-state index is 12.4. The fourth-order valence-corrected chi connectivity index (χ4v) is 5.04. The average molecular weight is 468 g/mol. The van der Waals surface area contributed by atoms with Gasteiger partial charge in [-0.25, -0.2) is 9.59 Å². The Morgan fingerprint density at radius 2 is 1.93 bits per heavy atom. The Hall–Kier alpha value is -2.39. The summed E-state index contributed by atoms with van der Waals surface area (Å²) in [6.45, 7) is -0.646. The summed E-state index contributed by atoms with van der Waals surface area (Å²) in [5.74, 6) is -2.39. The number of benzene rings is 1. The number of ether oxygens (including phenoxy) is 1. The molecule has 1 heterocycles. The van der Waals surface area contributed by atoms with Crippen molar-refractivity contribution >= 4 is 50.8 Å². The summed E-state index contributed by atoms with van der Waals surface area (Å²) in [5, 5.41) is 21.1. The number of hydrogen-bond acceptors (Lipinski definition) is 5. The molecule has 1 aromatic carbocycles. The molecule has 1 saturated carbocycles. The molecule has 0 spiro atoms. The molecular weight excluding hydrogens is 450 g/mol. The van der Waals surface area contributed by atoms with Crippen molar-refractivity contribution in [1.82, 2.24) is 0 Å². The zero-order valence-electron chi connectivity index (χ0n) is 14.7. The largest absolute Gasteiger partial charge is 0.479 e. The Labute approximate surface area is 173 Å². The van der Waals surface area contributed by atoms with Gasteiger partial charge in [0.1, 0.15) is 0 Å². The predicted octanol–water partition coefficient (Wildman–Crippen LogP) is 4.47. The van der Waals surface area contributed by atoms with E-state index in [1.165, 1.54) is 0 Å². The van der Waals surface area contributed by atoms with Gasteiger partial charge in [-0.2, -0.15) is 0 Å². The molecule has 7 nitrogen and oxygen atoms in total. The van der Waals surface area contributed by atoms with E-state index in [-0.39, 0.29) is 22.5 Å². The number of halogens is 1. The number of carboxylic acid groups (broad SMARTS) is 2. The molecule has 0 atom stereocenters. The molecule has 28 heavy (non-hydrogen) atoms. The van der Waals surface area contributed by atoms with E-state index in [9.17, 15) is 19.5 Å². The van der Waals surface area contributed by atoms with Gasteiger partial charge >= 0.3 is 11.9 Å². The van der Waals surface area contributed by atoms with Crippen molar-refractivity contribution in [2.45, 2.75) is 25.7 Å². The van der Waals surface area contributed by atoms with E-state index in [1.54, 1.807) is 24.3 Å². The minimum atomic E-state index is -1.21. The Morgan fingerprint density at radius 1 is 1.21 bits per heavy atom. The molecule has 1 aromatic heterocycles. The first kappa shape index (κ1) is 20.3. The second-order valence-corrected chi connectivity index (χ2v) is 8.26. The Morgan fingerprint density at radius 3 is 2.57 bits per heavy atom. The molecule has 1 aliphatic carbocycles. The number of anilines is 1. The van der Waals surface area contributed by atoms with Gasteiger partial charge in [0.15, 0.2) is 17.2 Å². The van der Waals surface area contributed by atoms with E-state index in [4.69, 9.17) is 9.84 Å². The molecule has 0 saturated heterocycles. The number of amides is 1. The smallest absolute Gasteiger partial charge is 0.349 e. The lowest BCUT2D eigenvalue weighted by Gasteiger charge is -2.11. The highest BCUT2D eigenvalue weighted by molar-refractivity contribution is 9.10. The molecule has 1 amide bonds. The summed E-state index contributed by atoms with van der Waals surface area (Å²) in [4.78, 5) is 35.1. The molecule has 0 unspecified atom stereocenters. The van der Waals surface area contributed by atoms with Gasteiger partial charge in [0, 0.05) is 11.6 Å². The van der Waals surface area contributed by atoms with Crippen LogP contribution in [0.5, 0.6) is 5.75 Å². The van der Waals surface area contributed by atoms with Gasteiger partial charge in [-0.1, -0.05) is 25.0 Å². The van der Waals surface area contributed by atoms with Crippen molar-refractivity contribution in [2.24, 2.45) is 5.92 Å². The highest BCUT2D eigenvalue weighted by atomic mass is 79.9. The average Bonchev–Trinajstić information content (AvgIpc) is 3.28. The highest BCUT2D eigenvalue weighted by Crippen LogP contribution is 2.46. The number of hydrogen-bond donors (Lipinski definition) is 3. The maximum Gasteiger partial charge on any atom is 0.349 e. The van der Waals surface area contributed by atoms with Crippen LogP contribution in [0.25, 0.3) is 10.4 Å². The van der Waals surface area contributed by atoms with Crippen molar-refractivity contribution in [3.63, 3.8) is 0 Å². The van der Waals surface area contributed by atoms with Crippen molar-refractivity contribution in [2.75, 3.05) is 11.9 Å². The maximum atomic E-state index is 12.4. The lowest BCUT2D eigenvalue weighted by Crippen LogP contribution is -2.20. The second kappa shape index (κ2) is 8.74. The van der Waals surface area contributed by atoms with Crippen LogP contribution < -0.4 is 10.1 Å². The van der Waals surface area contributed by atoms with Gasteiger partial charge < -0.3 is 20.3 Å². The summed E-state index contributed by atoms with van der Waals surface area (Å²) >= 11 is 4.30. The minimum absolute atomic E-state index is 0.00315. The number of carbonyl (C=O) groups is 3. The zero-order chi connectivity index (χ0) is 20.3. The van der Waals surface area contributed by atoms with Gasteiger partial charge in [-0.3, -0.25) is 4.79 Å². The van der Waals surface area contributed by atoms with E-state index in [0.717, 1.165) is 37.0 Å². The summed E-state index contributed by atoms with van der Waals surface area (Å²) in [6.07, 6.45) is 3.93. The van der Waals surface area contributed by atoms with Crippen molar-refractivity contribution in [3.05, 3.63) is 33.6 Å². The van der Waals surface area contributed by atoms with E-state index < -0.39 is 18.5 Å². The van der Waals surface area contributed by atoms with Crippen molar-refractivity contribution < 1.29 is 29.3 Å². The van der Waals surface area contributed by atoms with Crippen LogP contribution in [0.2, 0.25) is 0 Å². The van der Waals surface area contributed by atoms with Gasteiger partial charge in [-0.05, 0) is 46.5 Å². The van der Waals surface area contributed by atoms with Crippen LogP contribution >= 0.6 is 27.3 Å². The summed E-state index contributed by atoms with van der Waals surface area (Å²) < 4.78 is 5.54. The zero-order valence-corrected chi connectivity index (χ0v) is 17.1.